The second-order valence-corrected chi connectivity index (χ2v) is 16.7. The van der Waals surface area contributed by atoms with E-state index in [1.165, 1.54) is 6.26 Å². The van der Waals surface area contributed by atoms with Crippen molar-refractivity contribution in [1.29, 1.82) is 0 Å². The molecular formula is C18H28InN5O3S. The molecule has 1 saturated carbocycles. The fourth-order valence-corrected chi connectivity index (χ4v) is 10.3. The molecule has 0 bridgehead atoms. The van der Waals surface area contributed by atoms with Gasteiger partial charge in [-0.15, -0.1) is 0 Å². The molecule has 1 aromatic rings. The summed E-state index contributed by atoms with van der Waals surface area (Å²) in [6.07, 6.45) is 9.40. The molecule has 1 amide bonds. The van der Waals surface area contributed by atoms with Gasteiger partial charge < -0.3 is 0 Å². The third-order valence-corrected chi connectivity index (χ3v) is 12.8. The Hall–Kier alpha value is -1.13. The van der Waals surface area contributed by atoms with Gasteiger partial charge in [-0.05, 0) is 0 Å². The van der Waals surface area contributed by atoms with Crippen molar-refractivity contribution in [1.82, 2.24) is 18.6 Å². The number of hydrogen-bond donors (Lipinski definition) is 3. The van der Waals surface area contributed by atoms with Gasteiger partial charge in [-0.2, -0.15) is 0 Å². The third kappa shape index (κ3) is 5.70. The number of anilines is 1. The second kappa shape index (κ2) is 9.13. The molecule has 1 aliphatic carbocycles. The van der Waals surface area contributed by atoms with Crippen LogP contribution in [-0.4, -0.2) is 76.2 Å². The minimum absolute atomic E-state index is 0.0744. The van der Waals surface area contributed by atoms with Crippen LogP contribution in [0.3, 0.4) is 0 Å². The van der Waals surface area contributed by atoms with E-state index in [0.29, 0.717) is 18.8 Å². The van der Waals surface area contributed by atoms with Gasteiger partial charge in [0.2, 0.25) is 0 Å². The van der Waals surface area contributed by atoms with Crippen molar-refractivity contribution in [2.75, 3.05) is 23.9 Å². The number of rotatable bonds is 7. The molecule has 0 radical (unpaired) electrons. The molecule has 1 fully saturated rings. The third-order valence-electron chi connectivity index (χ3n) is 5.20. The van der Waals surface area contributed by atoms with Gasteiger partial charge in [0.15, 0.2) is 0 Å². The van der Waals surface area contributed by atoms with Crippen LogP contribution in [0.25, 0.3) is 0 Å². The molecule has 1 unspecified atom stereocenters. The SMILES string of the molecule is CC(CS(C)(=O)=O)NC(=O)C1(Nc2ncc[c]([In]3[CH]=CC[NH]3)n2)CCCCC1. The maximum absolute atomic E-state index is 13.1. The summed E-state index contributed by atoms with van der Waals surface area (Å²) in [5, 5.41) is 6.21. The first-order valence-electron chi connectivity index (χ1n) is 9.77. The van der Waals surface area contributed by atoms with Gasteiger partial charge >= 0.3 is 175 Å². The molecule has 0 aromatic carbocycles. The Balaban J connectivity index is 1.77. The summed E-state index contributed by atoms with van der Waals surface area (Å²) in [6, 6.07) is 1.51. The average molecular weight is 509 g/mol. The summed E-state index contributed by atoms with van der Waals surface area (Å²) >= 11 is -2.15. The van der Waals surface area contributed by atoms with E-state index in [4.69, 9.17) is 4.98 Å². The Bertz CT molecular complexity index is 839. The van der Waals surface area contributed by atoms with E-state index in [2.05, 4.69) is 28.8 Å². The van der Waals surface area contributed by atoms with Crippen molar-refractivity contribution in [2.45, 2.75) is 50.6 Å². The average Bonchev–Trinajstić information content (AvgIpc) is 3.16. The summed E-state index contributed by atoms with van der Waals surface area (Å²) in [5.74, 6) is 0.235. The first-order valence-corrected chi connectivity index (χ1v) is 17.0. The fraction of sp³-hybridized carbons (Fsp3) is 0.611. The van der Waals surface area contributed by atoms with Gasteiger partial charge in [-0.25, -0.2) is 0 Å². The van der Waals surface area contributed by atoms with E-state index in [1.54, 1.807) is 13.1 Å². The Morgan fingerprint density at radius 1 is 1.36 bits per heavy atom. The maximum atomic E-state index is 13.1. The predicted molar refractivity (Wildman–Crippen MR) is 111 cm³/mol. The van der Waals surface area contributed by atoms with Crippen molar-refractivity contribution in [2.24, 2.45) is 0 Å². The normalized spacial score (nSPS) is 20.0. The molecule has 3 N–H and O–H groups in total. The van der Waals surface area contributed by atoms with Crippen molar-refractivity contribution < 1.29 is 13.2 Å². The molecule has 1 aromatic heterocycles. The number of amides is 1. The molecule has 2 heterocycles. The summed E-state index contributed by atoms with van der Waals surface area (Å²) < 4.78 is 29.9. The van der Waals surface area contributed by atoms with Crippen LogP contribution in [0.5, 0.6) is 0 Å². The quantitative estimate of drug-likeness (QED) is 0.476. The number of carbonyl (C=O) groups excluding carboxylic acids is 1. The second-order valence-electron chi connectivity index (χ2n) is 7.85. The fourth-order valence-electron chi connectivity index (χ4n) is 3.91. The monoisotopic (exact) mass is 509 g/mol. The number of nitrogens with zero attached hydrogens (tertiary/aromatic N) is 2. The molecule has 0 saturated heterocycles. The van der Waals surface area contributed by atoms with E-state index in [0.717, 1.165) is 29.3 Å². The molecule has 3 rings (SSSR count). The molecule has 0 spiro atoms. The molecule has 152 valence electrons. The Morgan fingerprint density at radius 2 is 2.11 bits per heavy atom. The summed E-state index contributed by atoms with van der Waals surface area (Å²) in [7, 11) is -3.16. The summed E-state index contributed by atoms with van der Waals surface area (Å²) in [5.41, 5.74) is -0.795. The first-order chi connectivity index (χ1) is 13.3. The Morgan fingerprint density at radius 3 is 2.75 bits per heavy atom. The summed E-state index contributed by atoms with van der Waals surface area (Å²) in [6.45, 7) is 2.62. The Labute approximate surface area is 174 Å². The van der Waals surface area contributed by atoms with E-state index >= 15 is 0 Å². The topological polar surface area (TPSA) is 113 Å². The summed E-state index contributed by atoms with van der Waals surface area (Å²) in [4.78, 5) is 22.2. The van der Waals surface area contributed by atoms with Crippen LogP contribution in [0.15, 0.2) is 22.2 Å². The zero-order valence-electron chi connectivity index (χ0n) is 16.4. The van der Waals surface area contributed by atoms with Gasteiger partial charge in [0, 0.05) is 0 Å². The van der Waals surface area contributed by atoms with Crippen molar-refractivity contribution in [3.8, 4) is 0 Å². The Kier molecular flexibility index (Phi) is 7.03. The standard InChI is InChI=1S/C15H23N4O3S.C3H5N.In/c1-12(11-23(2,21)22)18-13(20)15(7-4-3-5-8-15)19-14-16-9-6-10-17-14;1-2-3-4;/h6,9,12H,3-5,7-8,11H2,1-2H3,(H,18,20)(H,16,17,19);1-2,4H,3H2;/q;-1;+1. The van der Waals surface area contributed by atoms with Gasteiger partial charge in [0.25, 0.3) is 0 Å². The van der Waals surface area contributed by atoms with Gasteiger partial charge in [-0.1, -0.05) is 0 Å². The molecule has 2 aliphatic rings. The van der Waals surface area contributed by atoms with Gasteiger partial charge in [-0.3, -0.25) is 0 Å². The van der Waals surface area contributed by atoms with Crippen LogP contribution in [-0.2, 0) is 14.6 Å². The van der Waals surface area contributed by atoms with Crippen LogP contribution >= 0.6 is 0 Å². The minimum atomic E-state index is -3.16. The van der Waals surface area contributed by atoms with Crippen LogP contribution in [0, 0.1) is 0 Å². The molecule has 1 atom stereocenters. The van der Waals surface area contributed by atoms with Gasteiger partial charge in [0.05, 0.1) is 0 Å². The van der Waals surface area contributed by atoms with Gasteiger partial charge in [0.1, 0.15) is 0 Å². The molecule has 28 heavy (non-hydrogen) atoms. The van der Waals surface area contributed by atoms with Crippen molar-refractivity contribution in [3.63, 3.8) is 0 Å². The number of hydrogen-bond acceptors (Lipinski definition) is 7. The zero-order valence-corrected chi connectivity index (χ0v) is 20.6. The predicted octanol–water partition coefficient (Wildman–Crippen LogP) is 0.0378. The van der Waals surface area contributed by atoms with Crippen LogP contribution in [0.2, 0.25) is 0 Å². The van der Waals surface area contributed by atoms with E-state index in [9.17, 15) is 13.2 Å². The van der Waals surface area contributed by atoms with Crippen LogP contribution in [0.1, 0.15) is 39.0 Å². The van der Waals surface area contributed by atoms with E-state index < -0.39 is 43.1 Å². The molecule has 8 nitrogen and oxygen atoms in total. The van der Waals surface area contributed by atoms with Crippen molar-refractivity contribution >= 4 is 46.9 Å². The molecular weight excluding hydrogens is 481 g/mol. The first kappa shape index (κ1) is 21.6. The van der Waals surface area contributed by atoms with E-state index in [1.807, 2.05) is 6.07 Å². The van der Waals surface area contributed by atoms with E-state index in [-0.39, 0.29) is 11.7 Å². The molecule has 1 aliphatic heterocycles. The molecule has 10 heteroatoms. The van der Waals surface area contributed by atoms with Crippen molar-refractivity contribution in [3.05, 3.63) is 22.2 Å². The zero-order chi connectivity index (χ0) is 20.2. The van der Waals surface area contributed by atoms with Crippen LogP contribution < -0.4 is 17.4 Å². The number of aromatic nitrogens is 2. The number of carbonyl (C=O) groups is 1. The number of nitrogens with one attached hydrogen (secondary N) is 3. The number of sulfone groups is 1. The van der Waals surface area contributed by atoms with Crippen LogP contribution in [0.4, 0.5) is 5.95 Å².